The summed E-state index contributed by atoms with van der Waals surface area (Å²) >= 11 is 0. The molecule has 0 bridgehead atoms. The van der Waals surface area contributed by atoms with Gasteiger partial charge < -0.3 is 20.3 Å². The van der Waals surface area contributed by atoms with Crippen molar-refractivity contribution in [1.29, 1.82) is 0 Å². The molecule has 1 unspecified atom stereocenters. The number of aromatic nitrogens is 2. The summed E-state index contributed by atoms with van der Waals surface area (Å²) in [5.74, 6) is 1.92. The predicted molar refractivity (Wildman–Crippen MR) is 64.1 cm³/mol. The molecule has 1 atom stereocenters. The third-order valence-electron chi connectivity index (χ3n) is 2.13. The summed E-state index contributed by atoms with van der Waals surface area (Å²) in [6.45, 7) is 1.92. The summed E-state index contributed by atoms with van der Waals surface area (Å²) in [5.41, 5.74) is 0. The normalized spacial score (nSPS) is 11.4. The van der Waals surface area contributed by atoms with Gasteiger partial charge in [0, 0.05) is 26.3 Å². The lowest BCUT2D eigenvalue weighted by Crippen LogP contribution is -2.46. The predicted octanol–water partition coefficient (Wildman–Crippen LogP) is -0.304. The highest BCUT2D eigenvalue weighted by atomic mass is 16.5. The van der Waals surface area contributed by atoms with Gasteiger partial charge in [0.1, 0.15) is 6.04 Å². The molecule has 0 aliphatic rings. The number of urea groups is 1. The zero-order valence-corrected chi connectivity index (χ0v) is 10.3. The second-order valence-corrected chi connectivity index (χ2v) is 3.68. The van der Waals surface area contributed by atoms with E-state index in [0.717, 1.165) is 0 Å². The van der Waals surface area contributed by atoms with Gasteiger partial charge >= 0.3 is 12.0 Å². The van der Waals surface area contributed by atoms with Gasteiger partial charge in [0.15, 0.2) is 5.82 Å². The maximum Gasteiger partial charge on any atom is 0.327 e. The molecule has 0 radical (unpaired) electrons. The van der Waals surface area contributed by atoms with Crippen LogP contribution in [0.4, 0.5) is 4.79 Å². The first kappa shape index (κ1) is 14.5. The lowest BCUT2D eigenvalue weighted by molar-refractivity contribution is -0.139. The molecule has 1 heterocycles. The summed E-state index contributed by atoms with van der Waals surface area (Å²) in [4.78, 5) is 26.1. The summed E-state index contributed by atoms with van der Waals surface area (Å²) in [5, 5.41) is 17.2. The maximum atomic E-state index is 11.4. The number of hydrogen-bond acceptors (Lipinski definition) is 5. The molecule has 0 saturated carbocycles. The van der Waals surface area contributed by atoms with Crippen LogP contribution in [-0.4, -0.2) is 39.8 Å². The number of rotatable bonds is 6. The maximum absolute atomic E-state index is 11.4. The second-order valence-electron chi connectivity index (χ2n) is 3.68. The number of nitrogens with zero attached hydrogens (tertiary/aromatic N) is 2. The molecule has 3 N–H and O–H groups in total. The lowest BCUT2D eigenvalue weighted by atomic mass is 10.2. The van der Waals surface area contributed by atoms with Crippen LogP contribution in [-0.2, 0) is 11.2 Å². The van der Waals surface area contributed by atoms with Crippen LogP contribution < -0.4 is 10.6 Å². The number of hydrogen-bond donors (Lipinski definition) is 3. The molecule has 0 spiro atoms. The van der Waals surface area contributed by atoms with Gasteiger partial charge in [-0.25, -0.2) is 9.59 Å². The minimum Gasteiger partial charge on any atom is -0.480 e. The van der Waals surface area contributed by atoms with E-state index >= 15 is 0 Å². The zero-order valence-electron chi connectivity index (χ0n) is 10.3. The van der Waals surface area contributed by atoms with Crippen molar-refractivity contribution in [2.24, 2.45) is 0 Å². The number of carboxylic acids is 1. The third-order valence-corrected chi connectivity index (χ3v) is 2.13. The molecule has 0 aromatic carbocycles. The minimum absolute atomic E-state index is 0.0766. The fourth-order valence-corrected chi connectivity index (χ4v) is 1.26. The Balaban J connectivity index is 2.31. The van der Waals surface area contributed by atoms with Crippen molar-refractivity contribution in [3.8, 4) is 12.3 Å². The van der Waals surface area contributed by atoms with Gasteiger partial charge in [-0.15, -0.1) is 12.3 Å². The largest absolute Gasteiger partial charge is 0.480 e. The number of carbonyl (C=O) groups is 2. The summed E-state index contributed by atoms with van der Waals surface area (Å²) < 4.78 is 4.76. The van der Waals surface area contributed by atoms with Crippen molar-refractivity contribution in [1.82, 2.24) is 20.8 Å². The fourth-order valence-electron chi connectivity index (χ4n) is 1.26. The number of terminal acetylenes is 1. The van der Waals surface area contributed by atoms with E-state index in [1.807, 2.05) is 0 Å². The van der Waals surface area contributed by atoms with Crippen LogP contribution in [0.25, 0.3) is 0 Å². The zero-order chi connectivity index (χ0) is 14.3. The Morgan fingerprint density at radius 2 is 2.32 bits per heavy atom. The molecule has 102 valence electrons. The van der Waals surface area contributed by atoms with Crippen molar-refractivity contribution >= 4 is 12.0 Å². The van der Waals surface area contributed by atoms with E-state index in [1.54, 1.807) is 6.92 Å². The van der Waals surface area contributed by atoms with Gasteiger partial charge in [0.25, 0.3) is 0 Å². The van der Waals surface area contributed by atoms with Crippen LogP contribution in [0.5, 0.6) is 0 Å². The molecule has 1 rings (SSSR count). The Bertz CT molecular complexity index is 491. The third kappa shape index (κ3) is 5.08. The number of aliphatic carboxylic acids is 1. The Kier molecular flexibility index (Phi) is 5.35. The molecular formula is C11H14N4O4. The smallest absolute Gasteiger partial charge is 0.327 e. The van der Waals surface area contributed by atoms with Crippen LogP contribution in [0.1, 0.15) is 18.1 Å². The van der Waals surface area contributed by atoms with Crippen molar-refractivity contribution in [2.45, 2.75) is 25.8 Å². The number of carbonyl (C=O) groups excluding carboxylic acids is 1. The molecule has 1 aromatic heterocycles. The van der Waals surface area contributed by atoms with Gasteiger partial charge in [0.2, 0.25) is 5.89 Å². The van der Waals surface area contributed by atoms with Crippen LogP contribution in [0.2, 0.25) is 0 Å². The van der Waals surface area contributed by atoms with Gasteiger partial charge in [0.05, 0.1) is 0 Å². The molecule has 19 heavy (non-hydrogen) atoms. The summed E-state index contributed by atoms with van der Waals surface area (Å²) in [6.07, 6.45) is 5.32. The Morgan fingerprint density at radius 1 is 1.58 bits per heavy atom. The van der Waals surface area contributed by atoms with E-state index in [1.165, 1.54) is 0 Å². The minimum atomic E-state index is -1.18. The number of carboxylic acid groups (broad SMARTS) is 1. The van der Waals surface area contributed by atoms with Gasteiger partial charge in [-0.3, -0.25) is 0 Å². The van der Waals surface area contributed by atoms with Crippen molar-refractivity contribution in [2.75, 3.05) is 6.54 Å². The molecule has 8 heteroatoms. The molecule has 8 nitrogen and oxygen atoms in total. The van der Waals surface area contributed by atoms with E-state index in [9.17, 15) is 9.59 Å². The topological polar surface area (TPSA) is 117 Å². The van der Waals surface area contributed by atoms with E-state index in [4.69, 9.17) is 16.1 Å². The number of nitrogens with one attached hydrogen (secondary N) is 2. The Labute approximate surface area is 109 Å². The SMILES string of the molecule is C#CCC(NC(=O)NCCc1noc(C)n1)C(=O)O. The standard InChI is InChI=1S/C11H14N4O4/c1-3-4-8(10(16)17)14-11(18)12-6-5-9-13-7(2)19-15-9/h1,8H,4-6H2,2H3,(H,16,17)(H2,12,14,18). The molecule has 0 saturated heterocycles. The first-order valence-electron chi connectivity index (χ1n) is 5.52. The molecular weight excluding hydrogens is 252 g/mol. The van der Waals surface area contributed by atoms with Gasteiger partial charge in [-0.2, -0.15) is 4.98 Å². The van der Waals surface area contributed by atoms with Crippen LogP contribution in [0.3, 0.4) is 0 Å². The average molecular weight is 266 g/mol. The Morgan fingerprint density at radius 3 is 2.84 bits per heavy atom. The van der Waals surface area contributed by atoms with Crippen LogP contribution >= 0.6 is 0 Å². The lowest BCUT2D eigenvalue weighted by Gasteiger charge is -2.12. The first-order chi connectivity index (χ1) is 9.02. The van der Waals surface area contributed by atoms with Crippen molar-refractivity contribution in [3.63, 3.8) is 0 Å². The Hall–Kier alpha value is -2.56. The van der Waals surface area contributed by atoms with Crippen molar-refractivity contribution < 1.29 is 19.2 Å². The van der Waals surface area contributed by atoms with Crippen molar-refractivity contribution in [3.05, 3.63) is 11.7 Å². The monoisotopic (exact) mass is 266 g/mol. The molecule has 1 aromatic rings. The second kappa shape index (κ2) is 7.00. The van der Waals surface area contributed by atoms with Gasteiger partial charge in [-0.05, 0) is 0 Å². The fraction of sp³-hybridized carbons (Fsp3) is 0.455. The summed E-state index contributed by atoms with van der Waals surface area (Å²) in [6, 6.07) is -1.71. The highest BCUT2D eigenvalue weighted by Crippen LogP contribution is 1.95. The number of amides is 2. The quantitative estimate of drug-likeness (QED) is 0.608. The molecule has 0 aliphatic carbocycles. The number of aryl methyl sites for hydroxylation is 1. The average Bonchev–Trinajstić information content (AvgIpc) is 2.74. The summed E-state index contributed by atoms with van der Waals surface area (Å²) in [7, 11) is 0. The highest BCUT2D eigenvalue weighted by molar-refractivity contribution is 5.82. The van der Waals surface area contributed by atoms with E-state index in [0.29, 0.717) is 18.1 Å². The molecule has 2 amide bonds. The first-order valence-corrected chi connectivity index (χ1v) is 5.52. The molecule has 0 fully saturated rings. The van der Waals surface area contributed by atoms with Gasteiger partial charge in [-0.1, -0.05) is 5.16 Å². The van der Waals surface area contributed by atoms with Crippen LogP contribution in [0, 0.1) is 19.3 Å². The highest BCUT2D eigenvalue weighted by Gasteiger charge is 2.18. The van der Waals surface area contributed by atoms with E-state index < -0.39 is 18.0 Å². The van der Waals surface area contributed by atoms with E-state index in [2.05, 4.69) is 26.7 Å². The van der Waals surface area contributed by atoms with Crippen LogP contribution in [0.15, 0.2) is 4.52 Å². The molecule has 0 aliphatic heterocycles. The van der Waals surface area contributed by atoms with E-state index in [-0.39, 0.29) is 13.0 Å².